The molecule has 1 amide bonds. The van der Waals surface area contributed by atoms with Crippen molar-refractivity contribution in [1.82, 2.24) is 20.4 Å². The van der Waals surface area contributed by atoms with Crippen LogP contribution in [0.5, 0.6) is 11.5 Å². The number of rotatable bonds is 7. The first-order valence-corrected chi connectivity index (χ1v) is 12.0. The third-order valence-corrected chi connectivity index (χ3v) is 6.93. The third kappa shape index (κ3) is 4.25. The number of H-pyrrole nitrogens is 1. The maximum atomic E-state index is 13.4. The van der Waals surface area contributed by atoms with Crippen LogP contribution in [-0.2, 0) is 13.1 Å². The van der Waals surface area contributed by atoms with Crippen molar-refractivity contribution in [3.05, 3.63) is 52.7 Å². The van der Waals surface area contributed by atoms with Crippen molar-refractivity contribution in [2.24, 2.45) is 5.92 Å². The Bertz CT molecular complexity index is 1230. The summed E-state index contributed by atoms with van der Waals surface area (Å²) in [4.78, 5) is 28.2. The summed E-state index contributed by atoms with van der Waals surface area (Å²) >= 11 is 0. The first-order valence-electron chi connectivity index (χ1n) is 12.0. The van der Waals surface area contributed by atoms with Crippen LogP contribution in [0.2, 0.25) is 0 Å². The fraction of sp³-hybridized carbons (Fsp3) is 0.423. The maximum Gasteiger partial charge on any atom is 0.258 e. The number of carbonyl (C=O) groups is 2. The zero-order valence-electron chi connectivity index (χ0n) is 19.4. The van der Waals surface area contributed by atoms with Gasteiger partial charge in [0.15, 0.2) is 5.78 Å². The molecule has 3 N–H and O–H groups in total. The summed E-state index contributed by atoms with van der Waals surface area (Å²) in [5.74, 6) is 0.382. The molecular weight excluding hydrogens is 432 g/mol. The second kappa shape index (κ2) is 9.46. The van der Waals surface area contributed by atoms with Gasteiger partial charge in [0.05, 0.1) is 11.1 Å². The van der Waals surface area contributed by atoms with Crippen LogP contribution >= 0.6 is 0 Å². The van der Waals surface area contributed by atoms with Gasteiger partial charge in [-0.1, -0.05) is 25.3 Å². The van der Waals surface area contributed by atoms with Gasteiger partial charge in [-0.05, 0) is 49.2 Å². The standard InChI is InChI=1S/C26H30N4O4/c1-27-9-10-34-19-8-7-17-14-30(15-18(17)11-19)26(33)21-12-20-22(13-23(21)31)28-29-24(20)25(32)16-5-3-2-4-6-16/h7-8,11-13,16,27,31H,2-6,9-10,14-15H2,1H3,(H,28,29). The van der Waals surface area contributed by atoms with Gasteiger partial charge in [-0.2, -0.15) is 5.10 Å². The average molecular weight is 463 g/mol. The zero-order valence-corrected chi connectivity index (χ0v) is 19.4. The number of phenols is 1. The van der Waals surface area contributed by atoms with E-state index >= 15 is 0 Å². The molecule has 8 nitrogen and oxygen atoms in total. The fourth-order valence-corrected chi connectivity index (χ4v) is 5.02. The van der Waals surface area contributed by atoms with E-state index in [1.165, 1.54) is 12.5 Å². The SMILES string of the molecule is CNCCOc1ccc2c(c1)CN(C(=O)c1cc3c(C(=O)C4CCCCC4)n[nH]c3cc1O)C2. The molecule has 1 fully saturated rings. The topological polar surface area (TPSA) is 108 Å². The number of benzene rings is 2. The van der Waals surface area contributed by atoms with Gasteiger partial charge in [0, 0.05) is 37.0 Å². The summed E-state index contributed by atoms with van der Waals surface area (Å²) < 4.78 is 5.75. The number of fused-ring (bicyclic) bond motifs is 2. The van der Waals surface area contributed by atoms with E-state index in [2.05, 4.69) is 15.5 Å². The second-order valence-electron chi connectivity index (χ2n) is 9.23. The Morgan fingerprint density at radius 3 is 2.74 bits per heavy atom. The Labute approximate surface area is 198 Å². The number of nitrogens with zero attached hydrogens (tertiary/aromatic N) is 2. The fourth-order valence-electron chi connectivity index (χ4n) is 5.02. The molecule has 0 bridgehead atoms. The highest BCUT2D eigenvalue weighted by Gasteiger charge is 2.29. The Morgan fingerprint density at radius 2 is 1.94 bits per heavy atom. The minimum atomic E-state index is -0.273. The van der Waals surface area contributed by atoms with Crippen molar-refractivity contribution in [2.75, 3.05) is 20.2 Å². The van der Waals surface area contributed by atoms with Crippen LogP contribution in [0.3, 0.4) is 0 Å². The van der Waals surface area contributed by atoms with Crippen LogP contribution in [-0.4, -0.2) is 52.1 Å². The predicted molar refractivity (Wildman–Crippen MR) is 128 cm³/mol. The van der Waals surface area contributed by atoms with Crippen molar-refractivity contribution in [1.29, 1.82) is 0 Å². The molecule has 1 saturated carbocycles. The molecule has 0 radical (unpaired) electrons. The van der Waals surface area contributed by atoms with E-state index in [4.69, 9.17) is 4.74 Å². The monoisotopic (exact) mass is 462 g/mol. The van der Waals surface area contributed by atoms with Gasteiger partial charge in [-0.25, -0.2) is 0 Å². The van der Waals surface area contributed by atoms with Crippen LogP contribution in [0, 0.1) is 5.92 Å². The largest absolute Gasteiger partial charge is 0.507 e. The van der Waals surface area contributed by atoms with Gasteiger partial charge in [0.1, 0.15) is 23.8 Å². The molecule has 8 heteroatoms. The Morgan fingerprint density at radius 1 is 1.15 bits per heavy atom. The van der Waals surface area contributed by atoms with E-state index in [0.717, 1.165) is 49.1 Å². The van der Waals surface area contributed by atoms with Crippen molar-refractivity contribution in [2.45, 2.75) is 45.2 Å². The van der Waals surface area contributed by atoms with Gasteiger partial charge >= 0.3 is 0 Å². The number of hydrogen-bond acceptors (Lipinski definition) is 6. The molecule has 178 valence electrons. The lowest BCUT2D eigenvalue weighted by Gasteiger charge is -2.19. The number of aromatic nitrogens is 2. The molecular formula is C26H30N4O4. The number of ether oxygens (including phenoxy) is 1. The lowest BCUT2D eigenvalue weighted by Crippen LogP contribution is -2.25. The first-order chi connectivity index (χ1) is 16.5. The predicted octanol–water partition coefficient (Wildman–Crippen LogP) is 3.79. The minimum absolute atomic E-state index is 0.0224. The summed E-state index contributed by atoms with van der Waals surface area (Å²) in [6.45, 7) is 2.22. The van der Waals surface area contributed by atoms with Crippen LogP contribution in [0.1, 0.15) is 64.1 Å². The normalized spacial score (nSPS) is 16.1. The molecule has 2 aromatic carbocycles. The molecule has 1 aliphatic heterocycles. The Hall–Kier alpha value is -3.39. The van der Waals surface area contributed by atoms with Gasteiger partial charge in [-0.15, -0.1) is 0 Å². The lowest BCUT2D eigenvalue weighted by atomic mass is 9.84. The van der Waals surface area contributed by atoms with Gasteiger partial charge in [0.25, 0.3) is 5.91 Å². The molecule has 2 heterocycles. The van der Waals surface area contributed by atoms with Crippen molar-refractivity contribution in [3.63, 3.8) is 0 Å². The molecule has 3 aromatic rings. The highest BCUT2D eigenvalue weighted by molar-refractivity contribution is 6.10. The summed E-state index contributed by atoms with van der Waals surface area (Å²) in [7, 11) is 1.88. The smallest absolute Gasteiger partial charge is 0.258 e. The molecule has 34 heavy (non-hydrogen) atoms. The van der Waals surface area contributed by atoms with Gasteiger partial charge in [-0.3, -0.25) is 14.7 Å². The van der Waals surface area contributed by atoms with E-state index in [1.807, 2.05) is 25.2 Å². The quantitative estimate of drug-likeness (QED) is 0.364. The minimum Gasteiger partial charge on any atom is -0.507 e. The zero-order chi connectivity index (χ0) is 23.7. The van der Waals surface area contributed by atoms with Crippen LogP contribution in [0.15, 0.2) is 30.3 Å². The molecule has 2 aliphatic rings. The number of aromatic hydroxyl groups is 1. The first kappa shape index (κ1) is 22.4. The average Bonchev–Trinajstić information content (AvgIpc) is 3.47. The van der Waals surface area contributed by atoms with Gasteiger partial charge in [0.2, 0.25) is 0 Å². The van der Waals surface area contributed by atoms with E-state index in [-0.39, 0.29) is 28.9 Å². The molecule has 0 spiro atoms. The summed E-state index contributed by atoms with van der Waals surface area (Å²) in [5, 5.41) is 21.4. The maximum absolute atomic E-state index is 13.4. The van der Waals surface area contributed by atoms with Crippen molar-refractivity contribution in [3.8, 4) is 11.5 Å². The molecule has 0 unspecified atom stereocenters. The highest BCUT2D eigenvalue weighted by Crippen LogP contribution is 2.33. The number of aromatic amines is 1. The molecule has 0 atom stereocenters. The Kier molecular flexibility index (Phi) is 6.24. The van der Waals surface area contributed by atoms with Crippen molar-refractivity contribution < 1.29 is 19.4 Å². The number of Topliss-reactive ketones (excluding diaryl/α,β-unsaturated/α-hetero) is 1. The van der Waals surface area contributed by atoms with Crippen LogP contribution < -0.4 is 10.1 Å². The number of nitrogens with one attached hydrogen (secondary N) is 2. The summed E-state index contributed by atoms with van der Waals surface area (Å²) in [6, 6.07) is 8.97. The molecule has 1 aliphatic carbocycles. The van der Waals surface area contributed by atoms with Crippen LogP contribution in [0.25, 0.3) is 10.9 Å². The van der Waals surface area contributed by atoms with Crippen molar-refractivity contribution >= 4 is 22.6 Å². The molecule has 5 rings (SSSR count). The van der Waals surface area contributed by atoms with E-state index in [9.17, 15) is 14.7 Å². The summed E-state index contributed by atoms with van der Waals surface area (Å²) in [6.07, 6.45) is 5.04. The number of hydrogen-bond donors (Lipinski definition) is 3. The van der Waals surface area contributed by atoms with E-state index < -0.39 is 0 Å². The lowest BCUT2D eigenvalue weighted by molar-refractivity contribution is 0.0748. The van der Waals surface area contributed by atoms with Gasteiger partial charge < -0.3 is 20.1 Å². The number of amides is 1. The Balaban J connectivity index is 1.37. The van der Waals surface area contributed by atoms with E-state index in [1.54, 1.807) is 11.0 Å². The van der Waals surface area contributed by atoms with Crippen LogP contribution in [0.4, 0.5) is 0 Å². The van der Waals surface area contributed by atoms with E-state index in [0.29, 0.717) is 36.3 Å². The second-order valence-corrected chi connectivity index (χ2v) is 9.23. The third-order valence-electron chi connectivity index (χ3n) is 6.93. The highest BCUT2D eigenvalue weighted by atomic mass is 16.5. The molecule has 0 saturated heterocycles. The number of likely N-dealkylation sites (N-methyl/N-ethyl adjacent to an activating group) is 1. The number of ketones is 1. The number of carbonyl (C=O) groups excluding carboxylic acids is 2. The summed E-state index contributed by atoms with van der Waals surface area (Å²) in [5.41, 5.74) is 3.20. The number of phenolic OH excluding ortho intramolecular Hbond substituents is 1. The molecule has 1 aromatic heterocycles.